The van der Waals surface area contributed by atoms with Crippen LogP contribution in [0.2, 0.25) is 0 Å². The van der Waals surface area contributed by atoms with Crippen molar-refractivity contribution < 1.29 is 4.79 Å². The molecule has 2 heterocycles. The number of rotatable bonds is 3. The van der Waals surface area contributed by atoms with Crippen LogP contribution in [0.1, 0.15) is 29.8 Å². The van der Waals surface area contributed by atoms with E-state index in [1.54, 1.807) is 0 Å². The Hall–Kier alpha value is -2.01. The van der Waals surface area contributed by atoms with Gasteiger partial charge in [-0.05, 0) is 68.0 Å². The number of nitrogens with two attached hydrogens (primary N) is 1. The fourth-order valence-corrected chi connectivity index (χ4v) is 3.84. The number of nitrogens with one attached hydrogen (secondary N) is 3. The number of fused-ring (bicyclic) bond motifs is 1. The molecule has 116 valence electrons. The zero-order valence-electron chi connectivity index (χ0n) is 12.6. The summed E-state index contributed by atoms with van der Waals surface area (Å²) in [7, 11) is 0. The molecular formula is C17H22N4O. The lowest BCUT2D eigenvalue weighted by Crippen LogP contribution is -2.32. The Kier molecular flexibility index (Phi) is 3.11. The largest absolute Gasteiger partial charge is 0.399 e. The van der Waals surface area contributed by atoms with Gasteiger partial charge >= 0.3 is 0 Å². The van der Waals surface area contributed by atoms with Crippen LogP contribution < -0.4 is 16.4 Å². The topological polar surface area (TPSA) is 82.9 Å². The minimum absolute atomic E-state index is 0.0224. The maximum absolute atomic E-state index is 12.3. The molecule has 2 aromatic rings. The minimum atomic E-state index is -0.0224. The van der Waals surface area contributed by atoms with Gasteiger partial charge in [0.2, 0.25) is 0 Å². The number of carbonyl (C=O) groups excluding carboxylic acids is 1. The van der Waals surface area contributed by atoms with Crippen LogP contribution in [-0.4, -0.2) is 30.5 Å². The third kappa shape index (κ3) is 2.35. The molecule has 1 amide bonds. The molecule has 1 unspecified atom stereocenters. The Morgan fingerprint density at radius 2 is 2.14 bits per heavy atom. The van der Waals surface area contributed by atoms with E-state index in [0.717, 1.165) is 30.5 Å². The summed E-state index contributed by atoms with van der Waals surface area (Å²) < 4.78 is 0. The van der Waals surface area contributed by atoms with Gasteiger partial charge in [0.1, 0.15) is 5.69 Å². The highest BCUT2D eigenvalue weighted by atomic mass is 16.1. The van der Waals surface area contributed by atoms with Crippen molar-refractivity contribution in [3.05, 3.63) is 30.0 Å². The monoisotopic (exact) mass is 298 g/mol. The van der Waals surface area contributed by atoms with Crippen LogP contribution in [0.3, 0.4) is 0 Å². The smallest absolute Gasteiger partial charge is 0.267 e. The third-order valence-corrected chi connectivity index (χ3v) is 5.36. The van der Waals surface area contributed by atoms with Gasteiger partial charge in [-0.1, -0.05) is 0 Å². The van der Waals surface area contributed by atoms with E-state index in [-0.39, 0.29) is 5.91 Å². The lowest BCUT2D eigenvalue weighted by atomic mass is 9.92. The van der Waals surface area contributed by atoms with Crippen molar-refractivity contribution in [2.45, 2.75) is 19.3 Å². The number of aromatic amines is 1. The number of amides is 1. The minimum Gasteiger partial charge on any atom is -0.399 e. The van der Waals surface area contributed by atoms with Gasteiger partial charge in [0.05, 0.1) is 0 Å². The number of aromatic nitrogens is 1. The van der Waals surface area contributed by atoms with E-state index in [1.165, 1.54) is 19.3 Å². The average molecular weight is 298 g/mol. The number of carbonyl (C=O) groups is 1. The van der Waals surface area contributed by atoms with Crippen LogP contribution in [-0.2, 0) is 0 Å². The summed E-state index contributed by atoms with van der Waals surface area (Å²) in [6.07, 6.45) is 3.76. The maximum Gasteiger partial charge on any atom is 0.267 e. The first-order valence-electron chi connectivity index (χ1n) is 8.03. The van der Waals surface area contributed by atoms with Crippen molar-refractivity contribution in [2.75, 3.05) is 25.4 Å². The molecule has 5 N–H and O–H groups in total. The Balaban J connectivity index is 1.39. The zero-order valence-corrected chi connectivity index (χ0v) is 12.6. The van der Waals surface area contributed by atoms with Gasteiger partial charge in [-0.25, -0.2) is 0 Å². The number of benzene rings is 1. The molecule has 1 saturated heterocycles. The highest BCUT2D eigenvalue weighted by Gasteiger charge is 2.53. The lowest BCUT2D eigenvalue weighted by molar-refractivity contribution is 0.0945. The molecule has 1 aliphatic carbocycles. The van der Waals surface area contributed by atoms with Gasteiger partial charge in [0.25, 0.3) is 5.91 Å². The number of piperidine rings is 1. The SMILES string of the molecule is Nc1ccc2[nH]c(C(=O)NCC3CC34CCNCC4)cc2c1. The molecule has 2 fully saturated rings. The van der Waals surface area contributed by atoms with Gasteiger partial charge in [-0.2, -0.15) is 0 Å². The first kappa shape index (κ1) is 13.6. The fourth-order valence-electron chi connectivity index (χ4n) is 3.84. The summed E-state index contributed by atoms with van der Waals surface area (Å²) in [5, 5.41) is 7.47. The summed E-state index contributed by atoms with van der Waals surface area (Å²) in [6.45, 7) is 3.03. The molecule has 1 saturated carbocycles. The summed E-state index contributed by atoms with van der Waals surface area (Å²) in [4.78, 5) is 15.5. The highest BCUT2D eigenvalue weighted by molar-refractivity contribution is 5.98. The first-order chi connectivity index (χ1) is 10.7. The number of H-pyrrole nitrogens is 1. The first-order valence-corrected chi connectivity index (χ1v) is 8.03. The van der Waals surface area contributed by atoms with Gasteiger partial charge in [-0.3, -0.25) is 4.79 Å². The second-order valence-corrected chi connectivity index (χ2v) is 6.75. The molecule has 1 aromatic heterocycles. The molecule has 1 aromatic carbocycles. The fraction of sp³-hybridized carbons (Fsp3) is 0.471. The van der Waals surface area contributed by atoms with Gasteiger partial charge in [-0.15, -0.1) is 0 Å². The van der Waals surface area contributed by atoms with Crippen LogP contribution in [0.15, 0.2) is 24.3 Å². The Labute approximate surface area is 129 Å². The van der Waals surface area contributed by atoms with E-state index in [1.807, 2.05) is 24.3 Å². The van der Waals surface area contributed by atoms with E-state index in [0.29, 0.717) is 22.7 Å². The molecule has 5 nitrogen and oxygen atoms in total. The van der Waals surface area contributed by atoms with E-state index >= 15 is 0 Å². The third-order valence-electron chi connectivity index (χ3n) is 5.36. The maximum atomic E-state index is 12.3. The molecule has 5 heteroatoms. The van der Waals surface area contributed by atoms with Crippen molar-refractivity contribution in [3.8, 4) is 0 Å². The predicted molar refractivity (Wildman–Crippen MR) is 87.7 cm³/mol. The molecular weight excluding hydrogens is 276 g/mol. The van der Waals surface area contributed by atoms with Crippen LogP contribution >= 0.6 is 0 Å². The van der Waals surface area contributed by atoms with Crippen molar-refractivity contribution in [3.63, 3.8) is 0 Å². The van der Waals surface area contributed by atoms with Crippen molar-refractivity contribution >= 4 is 22.5 Å². The van der Waals surface area contributed by atoms with E-state index < -0.39 is 0 Å². The van der Waals surface area contributed by atoms with Crippen LogP contribution in [0.5, 0.6) is 0 Å². The van der Waals surface area contributed by atoms with Crippen LogP contribution in [0.4, 0.5) is 5.69 Å². The second-order valence-electron chi connectivity index (χ2n) is 6.75. The molecule has 1 aliphatic heterocycles. The molecule has 1 atom stereocenters. The molecule has 22 heavy (non-hydrogen) atoms. The molecule has 2 aliphatic rings. The molecule has 4 rings (SSSR count). The highest BCUT2D eigenvalue weighted by Crippen LogP contribution is 2.58. The van der Waals surface area contributed by atoms with Crippen molar-refractivity contribution in [1.82, 2.24) is 15.6 Å². The standard InChI is InChI=1S/C17H22N4O/c18-13-1-2-14-11(7-13)8-15(21-14)16(22)20-10-12-9-17(12)3-5-19-6-4-17/h1-2,7-8,12,19,21H,3-6,9-10,18H2,(H,20,22). The van der Waals surface area contributed by atoms with Crippen LogP contribution in [0.25, 0.3) is 10.9 Å². The van der Waals surface area contributed by atoms with Gasteiger partial charge in [0, 0.05) is 23.1 Å². The number of hydrogen-bond acceptors (Lipinski definition) is 3. The Morgan fingerprint density at radius 3 is 2.95 bits per heavy atom. The molecule has 0 radical (unpaired) electrons. The second kappa shape index (κ2) is 5.02. The normalized spacial score (nSPS) is 22.8. The summed E-state index contributed by atoms with van der Waals surface area (Å²) in [6, 6.07) is 7.50. The number of anilines is 1. The van der Waals surface area contributed by atoms with E-state index in [4.69, 9.17) is 5.73 Å². The quantitative estimate of drug-likeness (QED) is 0.653. The van der Waals surface area contributed by atoms with Gasteiger partial charge < -0.3 is 21.4 Å². The summed E-state index contributed by atoms with van der Waals surface area (Å²) in [5.74, 6) is 0.629. The predicted octanol–water partition coefficient (Wildman–Crippen LogP) is 1.87. The van der Waals surface area contributed by atoms with Crippen molar-refractivity contribution in [1.29, 1.82) is 0 Å². The Bertz CT molecular complexity index is 715. The zero-order chi connectivity index (χ0) is 15.2. The lowest BCUT2D eigenvalue weighted by Gasteiger charge is -2.23. The van der Waals surface area contributed by atoms with Crippen molar-refractivity contribution in [2.24, 2.45) is 11.3 Å². The molecule has 1 spiro atoms. The number of hydrogen-bond donors (Lipinski definition) is 4. The molecule has 0 bridgehead atoms. The van der Waals surface area contributed by atoms with Gasteiger partial charge in [0.15, 0.2) is 0 Å². The van der Waals surface area contributed by atoms with E-state index in [9.17, 15) is 4.79 Å². The average Bonchev–Trinajstić information content (AvgIpc) is 3.00. The number of nitrogen functional groups attached to an aromatic ring is 1. The Morgan fingerprint density at radius 1 is 1.32 bits per heavy atom. The van der Waals surface area contributed by atoms with Crippen LogP contribution in [0, 0.1) is 11.3 Å². The van der Waals surface area contributed by atoms with E-state index in [2.05, 4.69) is 15.6 Å². The summed E-state index contributed by atoms with van der Waals surface area (Å²) in [5.41, 5.74) is 8.55. The summed E-state index contributed by atoms with van der Waals surface area (Å²) >= 11 is 0.